The number of aliphatic hydroxyl groups excluding tert-OH is 1. The topological polar surface area (TPSA) is 75.4 Å². The number of carbonyl (C=O) groups excluding carboxylic acids is 1. The van der Waals surface area contributed by atoms with Gasteiger partial charge in [-0.3, -0.25) is 4.79 Å². The van der Waals surface area contributed by atoms with Crippen LogP contribution in [0.2, 0.25) is 0 Å². The van der Waals surface area contributed by atoms with Crippen molar-refractivity contribution in [2.45, 2.75) is 33.3 Å². The molecule has 0 saturated carbocycles. The normalized spacial score (nSPS) is 15.3. The minimum absolute atomic E-state index is 0.0536. The molecule has 1 amide bonds. The van der Waals surface area contributed by atoms with E-state index < -0.39 is 6.10 Å². The molecule has 4 nitrogen and oxygen atoms in total. The van der Waals surface area contributed by atoms with E-state index in [0.717, 1.165) is 6.42 Å². The zero-order chi connectivity index (χ0) is 11.1. The quantitative estimate of drug-likeness (QED) is 0.572. The third-order valence-corrected chi connectivity index (χ3v) is 1.98. The number of rotatable bonds is 6. The van der Waals surface area contributed by atoms with Crippen LogP contribution in [0.1, 0.15) is 27.2 Å². The second kappa shape index (κ2) is 6.79. The SMILES string of the molecule is CC(C)CC(CN)C(=O)NC[C@@H](C)O. The van der Waals surface area contributed by atoms with Crippen molar-refractivity contribution in [3.63, 3.8) is 0 Å². The number of nitrogens with one attached hydrogen (secondary N) is 1. The fourth-order valence-corrected chi connectivity index (χ4v) is 1.27. The first-order valence-electron chi connectivity index (χ1n) is 5.13. The maximum absolute atomic E-state index is 11.5. The first kappa shape index (κ1) is 13.4. The Hall–Kier alpha value is -0.610. The number of hydrogen-bond donors (Lipinski definition) is 3. The van der Waals surface area contributed by atoms with Crippen molar-refractivity contribution in [3.05, 3.63) is 0 Å². The van der Waals surface area contributed by atoms with Gasteiger partial charge in [-0.1, -0.05) is 13.8 Å². The molecule has 4 heteroatoms. The van der Waals surface area contributed by atoms with Crippen LogP contribution in [-0.4, -0.2) is 30.2 Å². The molecule has 0 heterocycles. The molecule has 0 bridgehead atoms. The minimum Gasteiger partial charge on any atom is -0.392 e. The number of aliphatic hydroxyl groups is 1. The summed E-state index contributed by atoms with van der Waals surface area (Å²) in [4.78, 5) is 11.5. The van der Waals surface area contributed by atoms with Gasteiger partial charge in [0, 0.05) is 13.1 Å². The fourth-order valence-electron chi connectivity index (χ4n) is 1.27. The molecule has 0 aliphatic carbocycles. The highest BCUT2D eigenvalue weighted by Crippen LogP contribution is 2.10. The van der Waals surface area contributed by atoms with Crippen molar-refractivity contribution in [2.75, 3.05) is 13.1 Å². The van der Waals surface area contributed by atoms with Crippen molar-refractivity contribution >= 4 is 5.91 Å². The number of carbonyl (C=O) groups is 1. The molecule has 0 fully saturated rings. The number of amides is 1. The third-order valence-electron chi connectivity index (χ3n) is 1.98. The molecule has 0 spiro atoms. The Bertz CT molecular complexity index is 170. The lowest BCUT2D eigenvalue weighted by Crippen LogP contribution is -2.38. The molecule has 0 aromatic rings. The summed E-state index contributed by atoms with van der Waals surface area (Å²) in [6, 6.07) is 0. The van der Waals surface area contributed by atoms with Crippen LogP contribution in [0, 0.1) is 11.8 Å². The van der Waals surface area contributed by atoms with E-state index in [1.165, 1.54) is 0 Å². The van der Waals surface area contributed by atoms with E-state index in [-0.39, 0.29) is 11.8 Å². The Morgan fingerprint density at radius 1 is 1.43 bits per heavy atom. The molecule has 0 radical (unpaired) electrons. The monoisotopic (exact) mass is 202 g/mol. The van der Waals surface area contributed by atoms with Crippen LogP contribution in [0.5, 0.6) is 0 Å². The Balaban J connectivity index is 3.92. The van der Waals surface area contributed by atoms with Crippen LogP contribution in [0.15, 0.2) is 0 Å². The van der Waals surface area contributed by atoms with Gasteiger partial charge in [0.15, 0.2) is 0 Å². The molecule has 0 aliphatic rings. The molecule has 0 rings (SSSR count). The van der Waals surface area contributed by atoms with Crippen LogP contribution in [0.4, 0.5) is 0 Å². The predicted molar refractivity (Wildman–Crippen MR) is 56.7 cm³/mol. The molecule has 0 aromatic heterocycles. The maximum atomic E-state index is 11.5. The Morgan fingerprint density at radius 2 is 2.00 bits per heavy atom. The first-order chi connectivity index (χ1) is 6.47. The van der Waals surface area contributed by atoms with Crippen LogP contribution >= 0.6 is 0 Å². The Labute approximate surface area is 85.9 Å². The highest BCUT2D eigenvalue weighted by molar-refractivity contribution is 5.78. The predicted octanol–water partition coefficient (Wildman–Crippen LogP) is 0.104. The maximum Gasteiger partial charge on any atom is 0.224 e. The third kappa shape index (κ3) is 5.94. The van der Waals surface area contributed by atoms with Crippen molar-refractivity contribution in [1.29, 1.82) is 0 Å². The molecule has 84 valence electrons. The van der Waals surface area contributed by atoms with E-state index in [0.29, 0.717) is 19.0 Å². The molecule has 2 atom stereocenters. The standard InChI is InChI=1S/C10H22N2O2/c1-7(2)4-9(5-11)10(14)12-6-8(3)13/h7-9,13H,4-6,11H2,1-3H3,(H,12,14)/t8-,9?/m1/s1. The molecule has 4 N–H and O–H groups in total. The fraction of sp³-hybridized carbons (Fsp3) is 0.900. The second-order valence-corrected chi connectivity index (χ2v) is 4.16. The van der Waals surface area contributed by atoms with Gasteiger partial charge in [-0.15, -0.1) is 0 Å². The van der Waals surface area contributed by atoms with Gasteiger partial charge in [-0.05, 0) is 19.3 Å². The lowest BCUT2D eigenvalue weighted by molar-refractivity contribution is -0.125. The number of hydrogen-bond acceptors (Lipinski definition) is 3. The lowest BCUT2D eigenvalue weighted by Gasteiger charge is -2.17. The smallest absolute Gasteiger partial charge is 0.224 e. The Morgan fingerprint density at radius 3 is 2.36 bits per heavy atom. The average molecular weight is 202 g/mol. The first-order valence-corrected chi connectivity index (χ1v) is 5.13. The summed E-state index contributed by atoms with van der Waals surface area (Å²) in [5.74, 6) is 0.275. The number of nitrogens with two attached hydrogens (primary N) is 1. The van der Waals surface area contributed by atoms with Crippen molar-refractivity contribution in [3.8, 4) is 0 Å². The summed E-state index contributed by atoms with van der Waals surface area (Å²) < 4.78 is 0. The summed E-state index contributed by atoms with van der Waals surface area (Å²) in [5, 5.41) is 11.7. The molecule has 1 unspecified atom stereocenters. The van der Waals surface area contributed by atoms with Gasteiger partial charge in [0.1, 0.15) is 0 Å². The average Bonchev–Trinajstić information content (AvgIpc) is 2.09. The van der Waals surface area contributed by atoms with Gasteiger partial charge >= 0.3 is 0 Å². The molecular formula is C10H22N2O2. The second-order valence-electron chi connectivity index (χ2n) is 4.16. The van der Waals surface area contributed by atoms with E-state index in [4.69, 9.17) is 10.8 Å². The summed E-state index contributed by atoms with van der Waals surface area (Å²) in [6.07, 6.45) is 0.290. The Kier molecular flexibility index (Phi) is 6.49. The lowest BCUT2D eigenvalue weighted by atomic mass is 9.96. The van der Waals surface area contributed by atoms with E-state index >= 15 is 0 Å². The summed E-state index contributed by atoms with van der Waals surface area (Å²) >= 11 is 0. The van der Waals surface area contributed by atoms with E-state index in [9.17, 15) is 4.79 Å². The molecule has 0 saturated heterocycles. The highest BCUT2D eigenvalue weighted by Gasteiger charge is 2.17. The highest BCUT2D eigenvalue weighted by atomic mass is 16.3. The van der Waals surface area contributed by atoms with E-state index in [1.54, 1.807) is 6.92 Å². The molecular weight excluding hydrogens is 180 g/mol. The molecule has 0 aliphatic heterocycles. The minimum atomic E-state index is -0.503. The summed E-state index contributed by atoms with van der Waals surface area (Å²) in [6.45, 7) is 6.42. The van der Waals surface area contributed by atoms with Crippen LogP contribution in [0.25, 0.3) is 0 Å². The van der Waals surface area contributed by atoms with Gasteiger partial charge in [-0.25, -0.2) is 0 Å². The van der Waals surface area contributed by atoms with E-state index in [2.05, 4.69) is 19.2 Å². The van der Waals surface area contributed by atoms with Crippen LogP contribution in [-0.2, 0) is 4.79 Å². The zero-order valence-electron chi connectivity index (χ0n) is 9.29. The van der Waals surface area contributed by atoms with Gasteiger partial charge < -0.3 is 16.2 Å². The van der Waals surface area contributed by atoms with E-state index in [1.807, 2.05) is 0 Å². The van der Waals surface area contributed by atoms with Crippen LogP contribution in [0.3, 0.4) is 0 Å². The van der Waals surface area contributed by atoms with Gasteiger partial charge in [0.2, 0.25) is 5.91 Å². The molecule has 14 heavy (non-hydrogen) atoms. The summed E-state index contributed by atoms with van der Waals surface area (Å²) in [7, 11) is 0. The summed E-state index contributed by atoms with van der Waals surface area (Å²) in [5.41, 5.74) is 5.51. The van der Waals surface area contributed by atoms with Gasteiger partial charge in [0.25, 0.3) is 0 Å². The van der Waals surface area contributed by atoms with Crippen molar-refractivity contribution < 1.29 is 9.90 Å². The van der Waals surface area contributed by atoms with Gasteiger partial charge in [0.05, 0.1) is 12.0 Å². The largest absolute Gasteiger partial charge is 0.392 e. The van der Waals surface area contributed by atoms with Crippen LogP contribution < -0.4 is 11.1 Å². The molecule has 0 aromatic carbocycles. The van der Waals surface area contributed by atoms with Crippen molar-refractivity contribution in [2.24, 2.45) is 17.6 Å². The zero-order valence-corrected chi connectivity index (χ0v) is 9.29. The van der Waals surface area contributed by atoms with Crippen molar-refractivity contribution in [1.82, 2.24) is 5.32 Å². The van der Waals surface area contributed by atoms with Gasteiger partial charge in [-0.2, -0.15) is 0 Å².